The lowest BCUT2D eigenvalue weighted by Crippen LogP contribution is -2.04. The van der Waals surface area contributed by atoms with Gasteiger partial charge in [0.15, 0.2) is 11.5 Å². The van der Waals surface area contributed by atoms with Gasteiger partial charge in [-0.15, -0.1) is 0 Å². The summed E-state index contributed by atoms with van der Waals surface area (Å²) < 4.78 is 15.0. The van der Waals surface area contributed by atoms with Gasteiger partial charge >= 0.3 is 5.97 Å². The van der Waals surface area contributed by atoms with Gasteiger partial charge < -0.3 is 13.8 Å². The number of hydrogen-bond donors (Lipinski definition) is 0. The van der Waals surface area contributed by atoms with Crippen molar-refractivity contribution in [3.8, 4) is 11.5 Å². The van der Waals surface area contributed by atoms with Crippen LogP contribution in [0.15, 0.2) is 42.5 Å². The first kappa shape index (κ1) is 18.5. The van der Waals surface area contributed by atoms with Gasteiger partial charge in [-0.1, -0.05) is 30.3 Å². The van der Waals surface area contributed by atoms with E-state index in [1.54, 1.807) is 0 Å². The number of rotatable bonds is 8. The third kappa shape index (κ3) is 5.09. The SMILES string of the molecule is COc1cc(CCC(=O)OCl)c([N+](=O)[O-])cc1OCc1ccccc1. The second kappa shape index (κ2) is 8.89. The minimum atomic E-state index is -0.667. The van der Waals surface area contributed by atoms with Gasteiger partial charge in [0.2, 0.25) is 0 Å². The summed E-state index contributed by atoms with van der Waals surface area (Å²) in [5.41, 5.74) is 1.09. The number of halogens is 1. The molecule has 0 heterocycles. The highest BCUT2D eigenvalue weighted by molar-refractivity contribution is 6.13. The standard InChI is InChI=1S/C17H16ClNO6/c1-23-15-9-13(7-8-17(20)25-18)14(19(21)22)10-16(15)24-11-12-5-3-2-4-6-12/h2-6,9-10H,7-8,11H2,1H3. The Morgan fingerprint density at radius 1 is 1.20 bits per heavy atom. The Morgan fingerprint density at radius 2 is 1.92 bits per heavy atom. The summed E-state index contributed by atoms with van der Waals surface area (Å²) in [4.78, 5) is 22.0. The summed E-state index contributed by atoms with van der Waals surface area (Å²) >= 11 is 4.98. The smallest absolute Gasteiger partial charge is 0.325 e. The molecule has 0 saturated heterocycles. The molecule has 0 aliphatic rings. The van der Waals surface area contributed by atoms with Gasteiger partial charge in [0.25, 0.3) is 5.69 Å². The Balaban J connectivity index is 2.25. The topological polar surface area (TPSA) is 87.9 Å². The van der Waals surface area contributed by atoms with E-state index in [4.69, 9.17) is 21.3 Å². The number of benzene rings is 2. The van der Waals surface area contributed by atoms with Crippen LogP contribution in [-0.2, 0) is 22.1 Å². The molecule has 0 radical (unpaired) electrons. The lowest BCUT2D eigenvalue weighted by molar-refractivity contribution is -0.385. The number of ether oxygens (including phenoxy) is 2. The van der Waals surface area contributed by atoms with Crippen LogP contribution >= 0.6 is 11.9 Å². The lowest BCUT2D eigenvalue weighted by atomic mass is 10.1. The molecular formula is C17H16ClNO6. The van der Waals surface area contributed by atoms with Crippen LogP contribution in [0, 0.1) is 10.1 Å². The van der Waals surface area contributed by atoms with Crippen molar-refractivity contribution < 1.29 is 23.5 Å². The van der Waals surface area contributed by atoms with Gasteiger partial charge in [0.1, 0.15) is 18.5 Å². The molecule has 0 atom stereocenters. The average Bonchev–Trinajstić information content (AvgIpc) is 2.64. The molecule has 8 heteroatoms. The molecule has 132 valence electrons. The molecule has 0 unspecified atom stereocenters. The van der Waals surface area contributed by atoms with Gasteiger partial charge in [0, 0.05) is 5.56 Å². The van der Waals surface area contributed by atoms with Crippen LogP contribution in [0.3, 0.4) is 0 Å². The summed E-state index contributed by atoms with van der Waals surface area (Å²) in [5.74, 6) is -0.0724. The zero-order valence-corrected chi connectivity index (χ0v) is 14.2. The minimum absolute atomic E-state index is 0.0856. The van der Waals surface area contributed by atoms with Crippen LogP contribution in [-0.4, -0.2) is 18.0 Å². The monoisotopic (exact) mass is 365 g/mol. The first-order valence-corrected chi connectivity index (χ1v) is 7.69. The zero-order chi connectivity index (χ0) is 18.2. The molecule has 2 aromatic carbocycles. The maximum absolute atomic E-state index is 11.3. The maximum Gasteiger partial charge on any atom is 0.325 e. The summed E-state index contributed by atoms with van der Waals surface area (Å²) in [6, 6.07) is 12.2. The van der Waals surface area contributed by atoms with Gasteiger partial charge in [-0.05, 0) is 18.1 Å². The van der Waals surface area contributed by atoms with Crippen molar-refractivity contribution in [2.75, 3.05) is 7.11 Å². The Kier molecular flexibility index (Phi) is 6.59. The van der Waals surface area contributed by atoms with Crippen molar-refractivity contribution in [2.24, 2.45) is 0 Å². The fourth-order valence-electron chi connectivity index (χ4n) is 2.24. The maximum atomic E-state index is 11.3. The highest BCUT2D eigenvalue weighted by Gasteiger charge is 2.20. The molecule has 2 aromatic rings. The van der Waals surface area contributed by atoms with E-state index in [2.05, 4.69) is 4.29 Å². The van der Waals surface area contributed by atoms with Crippen molar-refractivity contribution in [2.45, 2.75) is 19.4 Å². The number of hydrogen-bond acceptors (Lipinski definition) is 6. The molecular weight excluding hydrogens is 350 g/mol. The lowest BCUT2D eigenvalue weighted by Gasteiger charge is -2.13. The molecule has 0 saturated carbocycles. The van der Waals surface area contributed by atoms with E-state index >= 15 is 0 Å². The first-order chi connectivity index (χ1) is 12.0. The second-order valence-corrected chi connectivity index (χ2v) is 5.27. The Hall–Kier alpha value is -2.80. The molecule has 0 aromatic heterocycles. The van der Waals surface area contributed by atoms with E-state index in [1.807, 2.05) is 30.3 Å². The Labute approximate surface area is 149 Å². The van der Waals surface area contributed by atoms with Crippen LogP contribution in [0.25, 0.3) is 0 Å². The number of methoxy groups -OCH3 is 1. The van der Waals surface area contributed by atoms with Gasteiger partial charge in [0.05, 0.1) is 24.5 Å². The molecule has 0 bridgehead atoms. The number of nitro groups is 1. The first-order valence-electron chi connectivity index (χ1n) is 7.38. The van der Waals surface area contributed by atoms with E-state index in [0.29, 0.717) is 11.3 Å². The average molecular weight is 366 g/mol. The number of nitro benzene ring substituents is 1. The van der Waals surface area contributed by atoms with Crippen LogP contribution < -0.4 is 9.47 Å². The van der Waals surface area contributed by atoms with Gasteiger partial charge in [-0.3, -0.25) is 14.9 Å². The number of carbonyl (C=O) groups excluding carboxylic acids is 1. The van der Waals surface area contributed by atoms with Crippen molar-refractivity contribution in [3.05, 3.63) is 63.7 Å². The third-order valence-corrected chi connectivity index (χ3v) is 3.66. The van der Waals surface area contributed by atoms with Crippen molar-refractivity contribution in [3.63, 3.8) is 0 Å². The normalized spacial score (nSPS) is 10.2. The largest absolute Gasteiger partial charge is 0.493 e. The van der Waals surface area contributed by atoms with E-state index in [-0.39, 0.29) is 30.9 Å². The van der Waals surface area contributed by atoms with E-state index < -0.39 is 10.9 Å². The van der Waals surface area contributed by atoms with Crippen LogP contribution in [0.1, 0.15) is 17.5 Å². The second-order valence-electron chi connectivity index (χ2n) is 5.11. The molecule has 0 aliphatic heterocycles. The predicted octanol–water partition coefficient (Wildman–Crippen LogP) is 3.81. The molecule has 2 rings (SSSR count). The van der Waals surface area contributed by atoms with Crippen molar-refractivity contribution in [1.29, 1.82) is 0 Å². The fourth-order valence-corrected chi connectivity index (χ4v) is 2.32. The number of nitrogens with zero attached hydrogens (tertiary/aromatic N) is 1. The molecule has 0 fully saturated rings. The minimum Gasteiger partial charge on any atom is -0.493 e. The molecule has 0 spiro atoms. The summed E-state index contributed by atoms with van der Waals surface area (Å²) in [6.45, 7) is 0.242. The summed E-state index contributed by atoms with van der Waals surface area (Å²) in [6.07, 6.45) is 0.00883. The Bertz CT molecular complexity index is 750. The van der Waals surface area contributed by atoms with Crippen LogP contribution in [0.2, 0.25) is 0 Å². The zero-order valence-electron chi connectivity index (χ0n) is 13.4. The van der Waals surface area contributed by atoms with Gasteiger partial charge in [-0.25, -0.2) is 0 Å². The van der Waals surface area contributed by atoms with Crippen molar-refractivity contribution in [1.82, 2.24) is 0 Å². The van der Waals surface area contributed by atoms with Gasteiger partial charge in [-0.2, -0.15) is 0 Å². The quantitative estimate of drug-likeness (QED) is 0.522. The van der Waals surface area contributed by atoms with E-state index in [9.17, 15) is 14.9 Å². The molecule has 0 aliphatic carbocycles. The van der Waals surface area contributed by atoms with E-state index in [0.717, 1.165) is 5.56 Å². The summed E-state index contributed by atoms with van der Waals surface area (Å²) in [7, 11) is 1.44. The highest BCUT2D eigenvalue weighted by atomic mass is 35.5. The number of carbonyl (C=O) groups is 1. The molecule has 7 nitrogen and oxygen atoms in total. The molecule has 25 heavy (non-hydrogen) atoms. The van der Waals surface area contributed by atoms with E-state index in [1.165, 1.54) is 19.2 Å². The van der Waals surface area contributed by atoms with Crippen LogP contribution in [0.4, 0.5) is 5.69 Å². The number of aryl methyl sites for hydroxylation is 1. The van der Waals surface area contributed by atoms with Crippen LogP contribution in [0.5, 0.6) is 11.5 Å². The van der Waals surface area contributed by atoms with Crippen molar-refractivity contribution >= 4 is 23.5 Å². The molecule has 0 N–H and O–H groups in total. The fraction of sp³-hybridized carbons (Fsp3) is 0.235. The highest BCUT2D eigenvalue weighted by Crippen LogP contribution is 2.35. The Morgan fingerprint density at radius 3 is 2.52 bits per heavy atom. The summed E-state index contributed by atoms with van der Waals surface area (Å²) in [5, 5.41) is 11.3. The molecule has 0 amide bonds. The predicted molar refractivity (Wildman–Crippen MR) is 90.7 cm³/mol. The third-order valence-electron chi connectivity index (χ3n) is 3.48.